The Labute approximate surface area is 162 Å². The van der Waals surface area contributed by atoms with Crippen LogP contribution in [-0.2, 0) is 9.59 Å². The van der Waals surface area contributed by atoms with Crippen LogP contribution in [0.3, 0.4) is 0 Å². The largest absolute Gasteiger partial charge is 0.497 e. The van der Waals surface area contributed by atoms with Gasteiger partial charge in [-0.15, -0.1) is 0 Å². The topological polar surface area (TPSA) is 63.1 Å². The molecular weight excluding hydrogens is 342 g/mol. The summed E-state index contributed by atoms with van der Waals surface area (Å²) in [7, 11) is 1.61. The number of methoxy groups -OCH3 is 1. The Hall–Kier alpha value is -2.08. The number of anilines is 1. The van der Waals surface area contributed by atoms with Crippen molar-refractivity contribution in [2.24, 2.45) is 0 Å². The van der Waals surface area contributed by atoms with E-state index in [-0.39, 0.29) is 36.5 Å². The molecule has 1 aliphatic rings. The van der Waals surface area contributed by atoms with Crippen molar-refractivity contribution < 1.29 is 19.2 Å². The molecule has 1 heterocycles. The van der Waals surface area contributed by atoms with E-state index in [1.807, 2.05) is 43.0 Å². The molecule has 4 atom stereocenters. The highest BCUT2D eigenvalue weighted by Crippen LogP contribution is 2.23. The van der Waals surface area contributed by atoms with Gasteiger partial charge in [-0.2, -0.15) is 0 Å². The number of likely N-dealkylation sites (tertiary alicyclic amines) is 1. The summed E-state index contributed by atoms with van der Waals surface area (Å²) in [5, 5.41) is 2.91. The highest BCUT2D eigenvalue weighted by atomic mass is 16.5. The van der Waals surface area contributed by atoms with Gasteiger partial charge in [0.15, 0.2) is 12.6 Å². The van der Waals surface area contributed by atoms with Crippen LogP contribution in [0.25, 0.3) is 0 Å². The number of ether oxygens (including phenoxy) is 1. The van der Waals surface area contributed by atoms with Gasteiger partial charge in [-0.25, -0.2) is 0 Å². The molecule has 1 aliphatic heterocycles. The fraction of sp³-hybridized carbons (Fsp3) is 0.619. The van der Waals surface area contributed by atoms with Gasteiger partial charge in [0.05, 0.1) is 13.7 Å². The fourth-order valence-corrected chi connectivity index (χ4v) is 3.92. The number of piperidine rings is 1. The summed E-state index contributed by atoms with van der Waals surface area (Å²) >= 11 is 0. The zero-order valence-electron chi connectivity index (χ0n) is 17.2. The van der Waals surface area contributed by atoms with Crippen LogP contribution >= 0.6 is 0 Å². The molecular formula is C21H34N3O3+. The number of quaternary nitrogens is 1. The molecule has 1 aromatic carbocycles. The zero-order chi connectivity index (χ0) is 20.0. The summed E-state index contributed by atoms with van der Waals surface area (Å²) in [6.07, 6.45) is 3.29. The van der Waals surface area contributed by atoms with Crippen LogP contribution in [0, 0.1) is 0 Å². The molecule has 6 nitrogen and oxygen atoms in total. The number of nitrogens with one attached hydrogen (secondary N) is 2. The predicted molar refractivity (Wildman–Crippen MR) is 107 cm³/mol. The van der Waals surface area contributed by atoms with E-state index in [2.05, 4.69) is 19.2 Å². The minimum Gasteiger partial charge on any atom is -0.497 e. The normalized spacial score (nSPS) is 22.0. The predicted octanol–water partition coefficient (Wildman–Crippen LogP) is 1.72. The molecule has 0 bridgehead atoms. The van der Waals surface area contributed by atoms with Gasteiger partial charge in [0.25, 0.3) is 11.8 Å². The monoisotopic (exact) mass is 376 g/mol. The lowest BCUT2D eigenvalue weighted by molar-refractivity contribution is -0.904. The standard InChI is InChI=1S/C21H33N3O3/c1-6-23(14-20(25)22-18-10-12-19(27-5)13-11-18)17(4)21(26)24-15(2)8-7-9-16(24)3/h10-13,15-17H,6-9,14H2,1-5H3,(H,22,25)/p+1/t15-,16+,17-/m1/s1. The fourth-order valence-electron chi connectivity index (χ4n) is 3.92. The van der Waals surface area contributed by atoms with Crippen molar-refractivity contribution in [1.82, 2.24) is 4.90 Å². The van der Waals surface area contributed by atoms with Crippen molar-refractivity contribution in [3.8, 4) is 5.75 Å². The van der Waals surface area contributed by atoms with E-state index in [0.717, 1.165) is 35.7 Å². The lowest BCUT2D eigenvalue weighted by atomic mass is 9.96. The van der Waals surface area contributed by atoms with Gasteiger partial charge >= 0.3 is 0 Å². The number of hydrogen-bond acceptors (Lipinski definition) is 3. The zero-order valence-corrected chi connectivity index (χ0v) is 17.2. The van der Waals surface area contributed by atoms with Crippen LogP contribution in [0.1, 0.15) is 47.0 Å². The van der Waals surface area contributed by atoms with Crippen LogP contribution in [0.15, 0.2) is 24.3 Å². The molecule has 0 aromatic heterocycles. The number of hydrogen-bond donors (Lipinski definition) is 2. The number of rotatable bonds is 7. The van der Waals surface area contributed by atoms with Gasteiger partial charge in [0.1, 0.15) is 5.75 Å². The lowest BCUT2D eigenvalue weighted by Crippen LogP contribution is -3.17. The smallest absolute Gasteiger partial charge is 0.281 e. The first-order valence-corrected chi connectivity index (χ1v) is 9.98. The molecule has 0 spiro atoms. The molecule has 1 unspecified atom stereocenters. The second-order valence-corrected chi connectivity index (χ2v) is 7.56. The maximum Gasteiger partial charge on any atom is 0.281 e. The Morgan fingerprint density at radius 3 is 2.33 bits per heavy atom. The van der Waals surface area contributed by atoms with Crippen molar-refractivity contribution in [3.63, 3.8) is 0 Å². The Balaban J connectivity index is 1.97. The van der Waals surface area contributed by atoms with Gasteiger partial charge in [-0.1, -0.05) is 0 Å². The number of carbonyl (C=O) groups excluding carboxylic acids is 2. The van der Waals surface area contributed by atoms with Gasteiger partial charge < -0.3 is 19.9 Å². The van der Waals surface area contributed by atoms with Crippen molar-refractivity contribution in [1.29, 1.82) is 0 Å². The van der Waals surface area contributed by atoms with E-state index < -0.39 is 0 Å². The summed E-state index contributed by atoms with van der Waals surface area (Å²) < 4.78 is 5.13. The lowest BCUT2D eigenvalue weighted by Gasteiger charge is -2.41. The second kappa shape index (κ2) is 9.74. The van der Waals surface area contributed by atoms with E-state index in [4.69, 9.17) is 4.74 Å². The Morgan fingerprint density at radius 1 is 1.22 bits per heavy atom. The average Bonchev–Trinajstić information content (AvgIpc) is 2.66. The molecule has 0 saturated carbocycles. The van der Waals surface area contributed by atoms with Crippen LogP contribution in [-0.4, -0.2) is 55.0 Å². The summed E-state index contributed by atoms with van der Waals surface area (Å²) in [6.45, 7) is 9.20. The highest BCUT2D eigenvalue weighted by Gasteiger charge is 2.36. The Morgan fingerprint density at radius 2 is 1.81 bits per heavy atom. The van der Waals surface area contributed by atoms with Gasteiger partial charge in [-0.05, 0) is 71.2 Å². The highest BCUT2D eigenvalue weighted by molar-refractivity contribution is 5.91. The number of carbonyl (C=O) groups is 2. The maximum absolute atomic E-state index is 13.1. The summed E-state index contributed by atoms with van der Waals surface area (Å²) in [6, 6.07) is 7.56. The van der Waals surface area contributed by atoms with Crippen molar-refractivity contribution >= 4 is 17.5 Å². The Kier molecular flexibility index (Phi) is 7.66. The van der Waals surface area contributed by atoms with Crippen molar-refractivity contribution in [2.75, 3.05) is 25.5 Å². The molecule has 1 fully saturated rings. The Bertz CT molecular complexity index is 622. The molecule has 2 rings (SSSR count). The third-order valence-corrected chi connectivity index (χ3v) is 5.65. The first-order chi connectivity index (χ1) is 12.9. The minimum absolute atomic E-state index is 0.0867. The third-order valence-electron chi connectivity index (χ3n) is 5.65. The van der Waals surface area contributed by atoms with Crippen LogP contribution in [0.5, 0.6) is 5.75 Å². The van der Waals surface area contributed by atoms with E-state index in [9.17, 15) is 9.59 Å². The SMILES string of the molecule is CC[NH+](CC(=O)Nc1ccc(OC)cc1)[C@H](C)C(=O)N1[C@H](C)CCC[C@@H]1C. The van der Waals surface area contributed by atoms with Gasteiger partial charge in [-0.3, -0.25) is 9.59 Å². The quantitative estimate of drug-likeness (QED) is 0.762. The first-order valence-electron chi connectivity index (χ1n) is 9.98. The van der Waals surface area contributed by atoms with E-state index in [1.54, 1.807) is 7.11 Å². The van der Waals surface area contributed by atoms with Crippen molar-refractivity contribution in [2.45, 2.75) is 65.1 Å². The molecule has 150 valence electrons. The summed E-state index contributed by atoms with van der Waals surface area (Å²) in [4.78, 5) is 28.6. The number of likely N-dealkylation sites (N-methyl/N-ethyl adjacent to an activating group) is 1. The molecule has 6 heteroatoms. The molecule has 1 aromatic rings. The number of amides is 2. The van der Waals surface area contributed by atoms with E-state index >= 15 is 0 Å². The molecule has 0 radical (unpaired) electrons. The minimum atomic E-state index is -0.236. The molecule has 1 saturated heterocycles. The van der Waals surface area contributed by atoms with Crippen LogP contribution < -0.4 is 15.0 Å². The van der Waals surface area contributed by atoms with Crippen molar-refractivity contribution in [3.05, 3.63) is 24.3 Å². The van der Waals surface area contributed by atoms with Gasteiger partial charge in [0, 0.05) is 17.8 Å². The molecule has 2 N–H and O–H groups in total. The van der Waals surface area contributed by atoms with E-state index in [1.165, 1.54) is 6.42 Å². The second-order valence-electron chi connectivity index (χ2n) is 7.56. The first kappa shape index (κ1) is 21.2. The summed E-state index contributed by atoms with van der Waals surface area (Å²) in [5.74, 6) is 0.818. The molecule has 2 amide bonds. The third kappa shape index (κ3) is 5.45. The van der Waals surface area contributed by atoms with Gasteiger partial charge in [0.2, 0.25) is 0 Å². The number of nitrogens with zero attached hydrogens (tertiary/aromatic N) is 1. The van der Waals surface area contributed by atoms with E-state index in [0.29, 0.717) is 0 Å². The average molecular weight is 377 g/mol. The molecule has 27 heavy (non-hydrogen) atoms. The maximum atomic E-state index is 13.1. The number of benzene rings is 1. The van der Waals surface area contributed by atoms with Crippen LogP contribution in [0.4, 0.5) is 5.69 Å². The summed E-state index contributed by atoms with van der Waals surface area (Å²) in [5.41, 5.74) is 0.730. The molecule has 0 aliphatic carbocycles. The van der Waals surface area contributed by atoms with Crippen LogP contribution in [0.2, 0.25) is 0 Å².